The molecule has 1 N–H and O–H groups in total. The highest BCUT2D eigenvalue weighted by atomic mass is 32.2. The van der Waals surface area contributed by atoms with Crippen molar-refractivity contribution in [2.45, 2.75) is 24.1 Å². The van der Waals surface area contributed by atoms with Crippen LogP contribution >= 0.6 is 11.8 Å². The SMILES string of the molecule is CC(C)Sc1ccc(-n2cnc(C(=O)O)c2)nn1. The molecule has 0 spiro atoms. The van der Waals surface area contributed by atoms with Crippen LogP contribution < -0.4 is 0 Å². The van der Waals surface area contributed by atoms with E-state index >= 15 is 0 Å². The molecule has 0 atom stereocenters. The average Bonchev–Trinajstić information content (AvgIpc) is 2.78. The molecule has 0 aromatic carbocycles. The quantitative estimate of drug-likeness (QED) is 0.849. The minimum atomic E-state index is -1.06. The third kappa shape index (κ3) is 2.86. The molecule has 0 saturated carbocycles. The van der Waals surface area contributed by atoms with Crippen LogP contribution in [0.25, 0.3) is 5.82 Å². The zero-order chi connectivity index (χ0) is 13.1. The zero-order valence-corrected chi connectivity index (χ0v) is 10.8. The number of carboxylic acids is 1. The van der Waals surface area contributed by atoms with E-state index in [0.29, 0.717) is 11.1 Å². The zero-order valence-electron chi connectivity index (χ0n) is 9.94. The minimum Gasteiger partial charge on any atom is -0.476 e. The van der Waals surface area contributed by atoms with E-state index in [9.17, 15) is 4.79 Å². The van der Waals surface area contributed by atoms with Crippen LogP contribution in [0, 0.1) is 0 Å². The number of nitrogens with zero attached hydrogens (tertiary/aromatic N) is 4. The molecular formula is C11H12N4O2S. The Morgan fingerprint density at radius 3 is 2.67 bits per heavy atom. The second-order valence-electron chi connectivity index (χ2n) is 3.87. The highest BCUT2D eigenvalue weighted by Gasteiger charge is 2.08. The van der Waals surface area contributed by atoms with Crippen molar-refractivity contribution in [3.05, 3.63) is 30.4 Å². The predicted molar refractivity (Wildman–Crippen MR) is 67.1 cm³/mol. The summed E-state index contributed by atoms with van der Waals surface area (Å²) in [4.78, 5) is 14.5. The van der Waals surface area contributed by atoms with E-state index in [1.165, 1.54) is 17.1 Å². The van der Waals surface area contributed by atoms with Crippen molar-refractivity contribution in [2.24, 2.45) is 0 Å². The summed E-state index contributed by atoms with van der Waals surface area (Å²) >= 11 is 1.62. The normalized spacial score (nSPS) is 10.8. The summed E-state index contributed by atoms with van der Waals surface area (Å²) in [5.74, 6) is -0.517. The van der Waals surface area contributed by atoms with Gasteiger partial charge in [0.2, 0.25) is 0 Å². The number of hydrogen-bond donors (Lipinski definition) is 1. The molecule has 2 rings (SSSR count). The van der Waals surface area contributed by atoms with Crippen LogP contribution in [0.1, 0.15) is 24.3 Å². The number of carboxylic acid groups (broad SMARTS) is 1. The van der Waals surface area contributed by atoms with E-state index in [0.717, 1.165) is 5.03 Å². The van der Waals surface area contributed by atoms with Gasteiger partial charge in [-0.1, -0.05) is 13.8 Å². The van der Waals surface area contributed by atoms with Crippen molar-refractivity contribution >= 4 is 17.7 Å². The van der Waals surface area contributed by atoms with Gasteiger partial charge in [-0.3, -0.25) is 4.57 Å². The number of aromatic carboxylic acids is 1. The van der Waals surface area contributed by atoms with Crippen LogP contribution in [0.5, 0.6) is 0 Å². The molecule has 0 saturated heterocycles. The molecule has 0 bridgehead atoms. The summed E-state index contributed by atoms with van der Waals surface area (Å²) in [7, 11) is 0. The van der Waals surface area contributed by atoms with Crippen LogP contribution in [0.3, 0.4) is 0 Å². The summed E-state index contributed by atoms with van der Waals surface area (Å²) in [5, 5.41) is 18.2. The highest BCUT2D eigenvalue weighted by Crippen LogP contribution is 2.20. The van der Waals surface area contributed by atoms with Gasteiger partial charge >= 0.3 is 5.97 Å². The molecule has 0 amide bonds. The molecule has 0 fully saturated rings. The first-order chi connectivity index (χ1) is 8.56. The molecule has 0 unspecified atom stereocenters. The van der Waals surface area contributed by atoms with Gasteiger partial charge in [0.05, 0.1) is 0 Å². The van der Waals surface area contributed by atoms with Crippen LogP contribution in [-0.2, 0) is 0 Å². The Bertz CT molecular complexity index is 550. The van der Waals surface area contributed by atoms with E-state index in [2.05, 4.69) is 29.0 Å². The number of carbonyl (C=O) groups is 1. The maximum Gasteiger partial charge on any atom is 0.356 e. The first-order valence-electron chi connectivity index (χ1n) is 5.34. The Labute approximate surface area is 108 Å². The van der Waals surface area contributed by atoms with Gasteiger partial charge in [0.25, 0.3) is 0 Å². The molecule has 0 aliphatic heterocycles. The second-order valence-corrected chi connectivity index (χ2v) is 5.46. The van der Waals surface area contributed by atoms with Crippen molar-refractivity contribution in [1.29, 1.82) is 0 Å². The molecule has 2 aromatic heterocycles. The smallest absolute Gasteiger partial charge is 0.356 e. The van der Waals surface area contributed by atoms with Gasteiger partial charge in [-0.05, 0) is 12.1 Å². The van der Waals surface area contributed by atoms with Gasteiger partial charge < -0.3 is 5.11 Å². The lowest BCUT2D eigenvalue weighted by molar-refractivity contribution is 0.0691. The van der Waals surface area contributed by atoms with E-state index < -0.39 is 5.97 Å². The van der Waals surface area contributed by atoms with E-state index in [4.69, 9.17) is 5.11 Å². The minimum absolute atomic E-state index is 0.0163. The van der Waals surface area contributed by atoms with Gasteiger partial charge in [-0.15, -0.1) is 22.0 Å². The number of hydrogen-bond acceptors (Lipinski definition) is 5. The first-order valence-corrected chi connectivity index (χ1v) is 6.22. The Morgan fingerprint density at radius 2 is 2.17 bits per heavy atom. The lowest BCUT2D eigenvalue weighted by atomic mass is 10.5. The molecule has 0 radical (unpaired) electrons. The highest BCUT2D eigenvalue weighted by molar-refractivity contribution is 7.99. The lowest BCUT2D eigenvalue weighted by Gasteiger charge is -2.04. The number of thioether (sulfide) groups is 1. The van der Waals surface area contributed by atoms with Crippen molar-refractivity contribution in [3.8, 4) is 5.82 Å². The van der Waals surface area contributed by atoms with E-state index in [1.807, 2.05) is 6.07 Å². The molecule has 7 heteroatoms. The Morgan fingerprint density at radius 1 is 1.39 bits per heavy atom. The fourth-order valence-corrected chi connectivity index (χ4v) is 2.03. The number of rotatable bonds is 4. The van der Waals surface area contributed by atoms with Crippen LogP contribution in [-0.4, -0.2) is 36.1 Å². The predicted octanol–water partition coefficient (Wildman–Crippen LogP) is 1.86. The Hall–Kier alpha value is -1.89. The molecule has 0 aliphatic rings. The average molecular weight is 264 g/mol. The fourth-order valence-electron chi connectivity index (χ4n) is 1.31. The van der Waals surface area contributed by atoms with Crippen LogP contribution in [0.15, 0.2) is 29.7 Å². The third-order valence-electron chi connectivity index (χ3n) is 2.05. The monoisotopic (exact) mass is 264 g/mol. The molecule has 2 heterocycles. The van der Waals surface area contributed by atoms with Crippen molar-refractivity contribution in [2.75, 3.05) is 0 Å². The summed E-state index contributed by atoms with van der Waals surface area (Å²) in [6, 6.07) is 3.64. The Kier molecular flexibility index (Phi) is 3.61. The van der Waals surface area contributed by atoms with Crippen LogP contribution in [0.4, 0.5) is 0 Å². The van der Waals surface area contributed by atoms with Gasteiger partial charge in [0.15, 0.2) is 11.5 Å². The van der Waals surface area contributed by atoms with E-state index in [-0.39, 0.29) is 5.69 Å². The second kappa shape index (κ2) is 5.18. The molecule has 6 nitrogen and oxygen atoms in total. The van der Waals surface area contributed by atoms with Crippen molar-refractivity contribution in [1.82, 2.24) is 19.7 Å². The van der Waals surface area contributed by atoms with Crippen molar-refractivity contribution < 1.29 is 9.90 Å². The standard InChI is InChI=1S/C11H12N4O2S/c1-7(2)18-10-4-3-9(13-14-10)15-5-8(11(16)17)12-6-15/h3-7H,1-2H3,(H,16,17). The van der Waals surface area contributed by atoms with Gasteiger partial charge in [-0.2, -0.15) is 0 Å². The largest absolute Gasteiger partial charge is 0.476 e. The molecule has 0 aliphatic carbocycles. The maximum absolute atomic E-state index is 10.7. The lowest BCUT2D eigenvalue weighted by Crippen LogP contribution is -1.99. The van der Waals surface area contributed by atoms with Crippen LogP contribution in [0.2, 0.25) is 0 Å². The number of imidazole rings is 1. The van der Waals surface area contributed by atoms with Gasteiger partial charge in [0.1, 0.15) is 11.4 Å². The van der Waals surface area contributed by atoms with E-state index in [1.54, 1.807) is 17.8 Å². The summed E-state index contributed by atoms with van der Waals surface area (Å²) in [6.07, 6.45) is 2.81. The maximum atomic E-state index is 10.7. The molecule has 18 heavy (non-hydrogen) atoms. The fraction of sp³-hybridized carbons (Fsp3) is 0.273. The Balaban J connectivity index is 2.20. The summed E-state index contributed by atoms with van der Waals surface area (Å²) < 4.78 is 1.53. The van der Waals surface area contributed by atoms with Gasteiger partial charge in [0, 0.05) is 11.4 Å². The molecular weight excluding hydrogens is 252 g/mol. The summed E-state index contributed by atoms with van der Waals surface area (Å²) in [5.41, 5.74) is -0.0163. The molecule has 94 valence electrons. The molecule has 2 aromatic rings. The number of aromatic nitrogens is 4. The first kappa shape index (κ1) is 12.6. The summed E-state index contributed by atoms with van der Waals surface area (Å²) in [6.45, 7) is 4.16. The topological polar surface area (TPSA) is 80.9 Å². The van der Waals surface area contributed by atoms with Gasteiger partial charge in [-0.25, -0.2) is 9.78 Å². The van der Waals surface area contributed by atoms with Crippen molar-refractivity contribution in [3.63, 3.8) is 0 Å². The third-order valence-corrected chi connectivity index (χ3v) is 2.98.